The van der Waals surface area contributed by atoms with Crippen molar-refractivity contribution in [2.45, 2.75) is 37.8 Å². The van der Waals surface area contributed by atoms with Gasteiger partial charge in [-0.3, -0.25) is 0 Å². The molecule has 0 atom stereocenters. The molecule has 7 heteroatoms. The summed E-state index contributed by atoms with van der Waals surface area (Å²) in [4.78, 5) is 0.314. The lowest BCUT2D eigenvalue weighted by Gasteiger charge is -2.12. The van der Waals surface area contributed by atoms with Crippen molar-refractivity contribution in [1.82, 2.24) is 14.6 Å². The smallest absolute Gasteiger partial charge is 0.242 e. The van der Waals surface area contributed by atoms with Gasteiger partial charge in [0.2, 0.25) is 10.0 Å². The van der Waals surface area contributed by atoms with Gasteiger partial charge in [-0.05, 0) is 33.4 Å². The quantitative estimate of drug-likeness (QED) is 0.670. The van der Waals surface area contributed by atoms with Crippen molar-refractivity contribution in [2.24, 2.45) is 0 Å². The van der Waals surface area contributed by atoms with Gasteiger partial charge in [0.15, 0.2) is 0 Å². The second-order valence-electron chi connectivity index (χ2n) is 4.94. The molecule has 1 heterocycles. The second-order valence-corrected chi connectivity index (χ2v) is 6.71. The lowest BCUT2D eigenvalue weighted by atomic mass is 10.3. The van der Waals surface area contributed by atoms with E-state index in [1.54, 1.807) is 19.4 Å². The van der Waals surface area contributed by atoms with Crippen LogP contribution < -0.4 is 10.0 Å². The number of rotatable bonds is 9. The molecule has 0 fully saturated rings. The molecule has 0 aliphatic carbocycles. The fourth-order valence-corrected chi connectivity index (χ4v) is 3.08. The first-order valence-corrected chi connectivity index (χ1v) is 8.24. The van der Waals surface area contributed by atoms with E-state index in [1.165, 1.54) is 0 Å². The van der Waals surface area contributed by atoms with Crippen LogP contribution in [0.3, 0.4) is 0 Å². The third kappa shape index (κ3) is 4.59. The predicted molar refractivity (Wildman–Crippen MR) is 79.3 cm³/mol. The summed E-state index contributed by atoms with van der Waals surface area (Å²) in [5.41, 5.74) is 0.958. The zero-order valence-corrected chi connectivity index (χ0v) is 13.5. The van der Waals surface area contributed by atoms with Crippen molar-refractivity contribution in [3.8, 4) is 0 Å². The standard InChI is InChI=1S/C13H25N3O3S/c1-11(2)16-10-13(8-12(16)9-14-3)20(17,18)15-6-5-7-19-4/h8,10-11,14-15H,5-7,9H2,1-4H3. The second kappa shape index (κ2) is 7.78. The maximum atomic E-state index is 12.2. The molecule has 1 rings (SSSR count). The fourth-order valence-electron chi connectivity index (χ4n) is 1.95. The van der Waals surface area contributed by atoms with E-state index in [1.807, 2.05) is 25.5 Å². The van der Waals surface area contributed by atoms with Gasteiger partial charge in [0.25, 0.3) is 0 Å². The van der Waals surface area contributed by atoms with Crippen LogP contribution >= 0.6 is 0 Å². The number of methoxy groups -OCH3 is 1. The van der Waals surface area contributed by atoms with Crippen LogP contribution in [-0.2, 0) is 21.3 Å². The van der Waals surface area contributed by atoms with Gasteiger partial charge in [-0.25, -0.2) is 13.1 Å². The van der Waals surface area contributed by atoms with Crippen LogP contribution in [0.4, 0.5) is 0 Å². The van der Waals surface area contributed by atoms with E-state index in [0.717, 1.165) is 5.69 Å². The number of ether oxygens (including phenoxy) is 1. The van der Waals surface area contributed by atoms with E-state index < -0.39 is 10.0 Å². The number of hydrogen-bond acceptors (Lipinski definition) is 4. The molecule has 0 bridgehead atoms. The molecular weight excluding hydrogens is 278 g/mol. The predicted octanol–water partition coefficient (Wildman–Crippen LogP) is 1.10. The summed E-state index contributed by atoms with van der Waals surface area (Å²) in [5.74, 6) is 0. The summed E-state index contributed by atoms with van der Waals surface area (Å²) in [6.45, 7) is 5.62. The van der Waals surface area contributed by atoms with Gasteiger partial charge in [0, 0.05) is 44.7 Å². The summed E-state index contributed by atoms with van der Waals surface area (Å²) >= 11 is 0. The Kier molecular flexibility index (Phi) is 6.67. The summed E-state index contributed by atoms with van der Waals surface area (Å²) in [5, 5.41) is 3.05. The molecule has 0 unspecified atom stereocenters. The van der Waals surface area contributed by atoms with Crippen molar-refractivity contribution in [2.75, 3.05) is 27.3 Å². The van der Waals surface area contributed by atoms with Gasteiger partial charge in [-0.1, -0.05) is 0 Å². The third-order valence-corrected chi connectivity index (χ3v) is 4.38. The van der Waals surface area contributed by atoms with E-state index in [9.17, 15) is 8.42 Å². The molecule has 0 aromatic carbocycles. The average Bonchev–Trinajstić information content (AvgIpc) is 2.80. The molecule has 0 saturated heterocycles. The first kappa shape index (κ1) is 17.2. The van der Waals surface area contributed by atoms with E-state index in [0.29, 0.717) is 31.0 Å². The molecular formula is C13H25N3O3S. The maximum absolute atomic E-state index is 12.2. The number of hydrogen-bond donors (Lipinski definition) is 2. The highest BCUT2D eigenvalue weighted by Crippen LogP contribution is 2.18. The minimum Gasteiger partial charge on any atom is -0.385 e. The van der Waals surface area contributed by atoms with Crippen molar-refractivity contribution in [3.05, 3.63) is 18.0 Å². The highest BCUT2D eigenvalue weighted by atomic mass is 32.2. The zero-order chi connectivity index (χ0) is 15.2. The van der Waals surface area contributed by atoms with Gasteiger partial charge in [-0.15, -0.1) is 0 Å². The van der Waals surface area contributed by atoms with Crippen LogP contribution in [0.5, 0.6) is 0 Å². The Labute approximate surface area is 121 Å². The molecule has 2 N–H and O–H groups in total. The van der Waals surface area contributed by atoms with Crippen LogP contribution in [-0.4, -0.2) is 40.3 Å². The molecule has 0 spiro atoms. The minimum atomic E-state index is -3.45. The van der Waals surface area contributed by atoms with Crippen molar-refractivity contribution < 1.29 is 13.2 Å². The van der Waals surface area contributed by atoms with Gasteiger partial charge < -0.3 is 14.6 Å². The van der Waals surface area contributed by atoms with Crippen LogP contribution in [0.2, 0.25) is 0 Å². The average molecular weight is 303 g/mol. The summed E-state index contributed by atoms with van der Waals surface area (Å²) < 4.78 is 33.9. The highest BCUT2D eigenvalue weighted by Gasteiger charge is 2.18. The Balaban J connectivity index is 2.86. The molecule has 0 aliphatic heterocycles. The fraction of sp³-hybridized carbons (Fsp3) is 0.692. The normalized spacial score (nSPS) is 12.2. The number of nitrogens with zero attached hydrogens (tertiary/aromatic N) is 1. The zero-order valence-electron chi connectivity index (χ0n) is 12.6. The summed E-state index contributed by atoms with van der Waals surface area (Å²) in [6.07, 6.45) is 2.35. The molecule has 0 saturated carbocycles. The summed E-state index contributed by atoms with van der Waals surface area (Å²) in [6, 6.07) is 1.94. The van der Waals surface area contributed by atoms with E-state index >= 15 is 0 Å². The molecule has 0 amide bonds. The van der Waals surface area contributed by atoms with E-state index in [2.05, 4.69) is 10.0 Å². The van der Waals surface area contributed by atoms with Gasteiger partial charge in [0.05, 0.1) is 4.90 Å². The number of sulfonamides is 1. The molecule has 0 aliphatic rings. The molecule has 6 nitrogen and oxygen atoms in total. The van der Waals surface area contributed by atoms with Crippen LogP contribution in [0.15, 0.2) is 17.2 Å². The Morgan fingerprint density at radius 1 is 1.40 bits per heavy atom. The first-order chi connectivity index (χ1) is 9.42. The Hall–Kier alpha value is -0.890. The highest BCUT2D eigenvalue weighted by molar-refractivity contribution is 7.89. The third-order valence-electron chi connectivity index (χ3n) is 2.95. The lowest BCUT2D eigenvalue weighted by Crippen LogP contribution is -2.25. The van der Waals surface area contributed by atoms with Gasteiger partial charge >= 0.3 is 0 Å². The lowest BCUT2D eigenvalue weighted by molar-refractivity contribution is 0.196. The SMILES string of the molecule is CNCc1cc(S(=O)(=O)NCCCOC)cn1C(C)C. The maximum Gasteiger partial charge on any atom is 0.242 e. The van der Waals surface area contributed by atoms with Crippen molar-refractivity contribution >= 4 is 10.0 Å². The first-order valence-electron chi connectivity index (χ1n) is 6.76. The Morgan fingerprint density at radius 2 is 2.10 bits per heavy atom. The Bertz CT molecular complexity index is 509. The summed E-state index contributed by atoms with van der Waals surface area (Å²) in [7, 11) is -0.00782. The van der Waals surface area contributed by atoms with E-state index in [4.69, 9.17) is 4.74 Å². The van der Waals surface area contributed by atoms with Gasteiger partial charge in [0.1, 0.15) is 0 Å². The number of aromatic nitrogens is 1. The monoisotopic (exact) mass is 303 g/mol. The van der Waals surface area contributed by atoms with Crippen LogP contribution in [0.25, 0.3) is 0 Å². The van der Waals surface area contributed by atoms with Crippen LogP contribution in [0.1, 0.15) is 32.0 Å². The van der Waals surface area contributed by atoms with E-state index in [-0.39, 0.29) is 6.04 Å². The molecule has 20 heavy (non-hydrogen) atoms. The largest absolute Gasteiger partial charge is 0.385 e. The Morgan fingerprint density at radius 3 is 2.65 bits per heavy atom. The molecule has 116 valence electrons. The number of nitrogens with one attached hydrogen (secondary N) is 2. The molecule has 1 aromatic heterocycles. The van der Waals surface area contributed by atoms with Crippen LogP contribution in [0, 0.1) is 0 Å². The topological polar surface area (TPSA) is 72.4 Å². The minimum absolute atomic E-state index is 0.218. The molecule has 1 aromatic rings. The van der Waals surface area contributed by atoms with Crippen molar-refractivity contribution in [1.29, 1.82) is 0 Å². The van der Waals surface area contributed by atoms with Gasteiger partial charge in [-0.2, -0.15) is 0 Å². The van der Waals surface area contributed by atoms with Crippen molar-refractivity contribution in [3.63, 3.8) is 0 Å². The molecule has 0 radical (unpaired) electrons.